The van der Waals surface area contributed by atoms with Crippen LogP contribution in [0.5, 0.6) is 0 Å². The van der Waals surface area contributed by atoms with Gasteiger partial charge in [-0.2, -0.15) is 0 Å². The number of carbonyl (C=O) groups is 1. The van der Waals surface area contributed by atoms with Gasteiger partial charge in [0.2, 0.25) is 0 Å². The Hall–Kier alpha value is -0.240. The monoisotopic (exact) mass is 178 g/mol. The zero-order valence-electron chi connectivity index (χ0n) is 7.10. The molecule has 0 unspecified atom stereocenters. The number of carbonyl (C=O) groups excluding carboxylic acids is 1. The van der Waals surface area contributed by atoms with Crippen molar-refractivity contribution in [3.8, 4) is 0 Å². The second-order valence-electron chi connectivity index (χ2n) is 2.52. The van der Waals surface area contributed by atoms with E-state index in [0.717, 1.165) is 25.7 Å². The highest BCUT2D eigenvalue weighted by Gasteiger charge is 2.05. The predicted molar refractivity (Wildman–Crippen MR) is 45.5 cm³/mol. The topological polar surface area (TPSA) is 26.3 Å². The Morgan fingerprint density at radius 2 is 2.18 bits per heavy atom. The van der Waals surface area contributed by atoms with Crippen molar-refractivity contribution in [1.82, 2.24) is 0 Å². The molecule has 0 N–H and O–H groups in total. The molecule has 66 valence electrons. The van der Waals surface area contributed by atoms with Crippen LogP contribution in [-0.4, -0.2) is 11.5 Å². The smallest absolute Gasteiger partial charge is 0.304 e. The minimum absolute atomic E-state index is 0.304. The first-order valence-electron chi connectivity index (χ1n) is 3.98. The highest BCUT2D eigenvalue weighted by atomic mass is 35.5. The number of hydrogen-bond acceptors (Lipinski definition) is 2. The molecule has 0 saturated heterocycles. The Bertz CT molecular complexity index is 115. The molecule has 0 aliphatic heterocycles. The van der Waals surface area contributed by atoms with Crippen LogP contribution in [0.25, 0.3) is 0 Å². The predicted octanol–water partition coefficient (Wildman–Crippen LogP) is 2.69. The van der Waals surface area contributed by atoms with Gasteiger partial charge in [0.1, 0.15) is 0 Å². The number of ether oxygens (including phenoxy) is 1. The summed E-state index contributed by atoms with van der Waals surface area (Å²) in [7, 11) is 0. The van der Waals surface area contributed by atoms with Gasteiger partial charge in [0.05, 0.1) is 0 Å². The van der Waals surface area contributed by atoms with E-state index in [1.54, 1.807) is 0 Å². The van der Waals surface area contributed by atoms with Crippen molar-refractivity contribution in [3.63, 3.8) is 0 Å². The summed E-state index contributed by atoms with van der Waals surface area (Å²) in [6.07, 6.45) is 4.08. The number of esters is 1. The highest BCUT2D eigenvalue weighted by molar-refractivity contribution is 6.20. The summed E-state index contributed by atoms with van der Waals surface area (Å²) >= 11 is 5.67. The van der Waals surface area contributed by atoms with Crippen LogP contribution < -0.4 is 0 Å². The maximum absolute atomic E-state index is 10.4. The summed E-state index contributed by atoms with van der Waals surface area (Å²) in [4.78, 5) is 10.4. The van der Waals surface area contributed by atoms with E-state index < -0.39 is 5.56 Å². The molecule has 0 bridgehead atoms. The van der Waals surface area contributed by atoms with Crippen molar-refractivity contribution in [2.45, 2.75) is 45.1 Å². The fourth-order valence-electron chi connectivity index (χ4n) is 0.794. The van der Waals surface area contributed by atoms with Gasteiger partial charge in [0.25, 0.3) is 0 Å². The van der Waals surface area contributed by atoms with Crippen molar-refractivity contribution in [3.05, 3.63) is 0 Å². The number of rotatable bonds is 5. The summed E-state index contributed by atoms with van der Waals surface area (Å²) in [5, 5.41) is 0. The lowest BCUT2D eigenvalue weighted by Gasteiger charge is -2.07. The van der Waals surface area contributed by atoms with Gasteiger partial charge in [-0.3, -0.25) is 4.79 Å². The van der Waals surface area contributed by atoms with E-state index in [1.807, 2.05) is 0 Å². The SMILES string of the molecule is CCCCC[C@H](Cl)OC(C)=O. The molecule has 2 nitrogen and oxygen atoms in total. The molecule has 0 spiro atoms. The molecule has 0 aliphatic rings. The van der Waals surface area contributed by atoms with Gasteiger partial charge in [-0.15, -0.1) is 0 Å². The normalized spacial score (nSPS) is 12.6. The molecule has 0 amide bonds. The Labute approximate surface area is 72.9 Å². The molecular weight excluding hydrogens is 164 g/mol. The average Bonchev–Trinajstić information content (AvgIpc) is 1.86. The van der Waals surface area contributed by atoms with Crippen molar-refractivity contribution < 1.29 is 9.53 Å². The molecule has 0 fully saturated rings. The van der Waals surface area contributed by atoms with Crippen LogP contribution in [0.2, 0.25) is 0 Å². The fraction of sp³-hybridized carbons (Fsp3) is 0.875. The summed E-state index contributed by atoms with van der Waals surface area (Å²) in [6, 6.07) is 0. The lowest BCUT2D eigenvalue weighted by atomic mass is 10.2. The molecule has 0 heterocycles. The first kappa shape index (κ1) is 10.8. The van der Waals surface area contributed by atoms with Gasteiger partial charge in [-0.1, -0.05) is 31.4 Å². The summed E-state index contributed by atoms with van der Waals surface area (Å²) in [5.74, 6) is -0.304. The van der Waals surface area contributed by atoms with E-state index >= 15 is 0 Å². The van der Waals surface area contributed by atoms with Gasteiger partial charge < -0.3 is 4.74 Å². The number of unbranched alkanes of at least 4 members (excludes halogenated alkanes) is 2. The minimum atomic E-state index is -0.431. The molecule has 0 aliphatic carbocycles. The first-order chi connectivity index (χ1) is 5.16. The van der Waals surface area contributed by atoms with E-state index in [-0.39, 0.29) is 5.97 Å². The molecule has 0 aromatic heterocycles. The molecule has 0 radical (unpaired) electrons. The molecule has 3 heteroatoms. The van der Waals surface area contributed by atoms with Gasteiger partial charge in [-0.25, -0.2) is 0 Å². The van der Waals surface area contributed by atoms with Gasteiger partial charge >= 0.3 is 5.97 Å². The number of hydrogen-bond donors (Lipinski definition) is 0. The summed E-state index contributed by atoms with van der Waals surface area (Å²) in [5.41, 5.74) is -0.431. The quantitative estimate of drug-likeness (QED) is 0.368. The second-order valence-corrected chi connectivity index (χ2v) is 3.00. The van der Waals surface area contributed by atoms with Crippen LogP contribution >= 0.6 is 11.6 Å². The third kappa shape index (κ3) is 7.66. The standard InChI is InChI=1S/C8H15ClO2/c1-3-4-5-6-8(9)11-7(2)10/h8H,3-6H2,1-2H3/t8-/m1/s1. The number of halogens is 1. The van der Waals surface area contributed by atoms with Gasteiger partial charge in [0, 0.05) is 6.92 Å². The van der Waals surface area contributed by atoms with E-state index in [9.17, 15) is 4.79 Å². The van der Waals surface area contributed by atoms with Crippen LogP contribution in [0.4, 0.5) is 0 Å². The third-order valence-electron chi connectivity index (χ3n) is 1.33. The zero-order valence-corrected chi connectivity index (χ0v) is 7.86. The molecule has 0 saturated carbocycles. The van der Waals surface area contributed by atoms with E-state index in [0.29, 0.717) is 0 Å². The van der Waals surface area contributed by atoms with Crippen LogP contribution in [-0.2, 0) is 9.53 Å². The van der Waals surface area contributed by atoms with Crippen molar-refractivity contribution >= 4 is 17.6 Å². The Balaban J connectivity index is 3.22. The Kier molecular flexibility index (Phi) is 6.33. The van der Waals surface area contributed by atoms with Crippen LogP contribution in [0.15, 0.2) is 0 Å². The molecule has 11 heavy (non-hydrogen) atoms. The zero-order chi connectivity index (χ0) is 8.69. The largest absolute Gasteiger partial charge is 0.446 e. The van der Waals surface area contributed by atoms with Gasteiger partial charge in [0.15, 0.2) is 5.56 Å². The fourth-order valence-corrected chi connectivity index (χ4v) is 1.07. The van der Waals surface area contributed by atoms with Crippen LogP contribution in [0, 0.1) is 0 Å². The average molecular weight is 179 g/mol. The van der Waals surface area contributed by atoms with E-state index in [2.05, 4.69) is 6.92 Å². The molecule has 0 aromatic rings. The van der Waals surface area contributed by atoms with Crippen LogP contribution in [0.1, 0.15) is 39.5 Å². The molecular formula is C8H15ClO2. The maximum atomic E-state index is 10.4. The van der Waals surface area contributed by atoms with Crippen molar-refractivity contribution in [1.29, 1.82) is 0 Å². The molecule has 1 atom stereocenters. The lowest BCUT2D eigenvalue weighted by Crippen LogP contribution is -2.08. The molecule has 0 rings (SSSR count). The Morgan fingerprint density at radius 3 is 2.64 bits per heavy atom. The summed E-state index contributed by atoms with van der Waals surface area (Å²) < 4.78 is 4.72. The van der Waals surface area contributed by atoms with Gasteiger partial charge in [-0.05, 0) is 12.8 Å². The van der Waals surface area contributed by atoms with E-state index in [4.69, 9.17) is 16.3 Å². The Morgan fingerprint density at radius 1 is 1.55 bits per heavy atom. The van der Waals surface area contributed by atoms with Crippen LogP contribution in [0.3, 0.4) is 0 Å². The lowest BCUT2D eigenvalue weighted by molar-refractivity contribution is -0.142. The second kappa shape index (κ2) is 6.47. The number of alkyl halides is 1. The van der Waals surface area contributed by atoms with E-state index in [1.165, 1.54) is 6.92 Å². The summed E-state index contributed by atoms with van der Waals surface area (Å²) in [6.45, 7) is 3.49. The van der Waals surface area contributed by atoms with Crippen molar-refractivity contribution in [2.24, 2.45) is 0 Å². The third-order valence-corrected chi connectivity index (χ3v) is 1.64. The molecule has 0 aromatic carbocycles. The minimum Gasteiger partial charge on any atom is -0.446 e. The first-order valence-corrected chi connectivity index (χ1v) is 4.41. The van der Waals surface area contributed by atoms with Crippen molar-refractivity contribution in [2.75, 3.05) is 0 Å². The maximum Gasteiger partial charge on any atom is 0.304 e. The highest BCUT2D eigenvalue weighted by Crippen LogP contribution is 2.10.